The van der Waals surface area contributed by atoms with E-state index in [2.05, 4.69) is 11.4 Å². The molecule has 0 aromatic rings. The second-order valence-electron chi connectivity index (χ2n) is 7.01. The normalized spacial score (nSPS) is 14.2. The van der Waals surface area contributed by atoms with Gasteiger partial charge in [0.15, 0.2) is 0 Å². The summed E-state index contributed by atoms with van der Waals surface area (Å²) in [5.41, 5.74) is -2.72. The fourth-order valence-electron chi connectivity index (χ4n) is 2.72. The van der Waals surface area contributed by atoms with Crippen molar-refractivity contribution in [1.29, 1.82) is 0 Å². The average Bonchev–Trinajstić information content (AvgIpc) is 2.60. The zero-order chi connectivity index (χ0) is 20.6. The van der Waals surface area contributed by atoms with Crippen molar-refractivity contribution in [1.82, 2.24) is 18.5 Å². The molecule has 30 heavy (non-hydrogen) atoms. The molecule has 12 heteroatoms. The van der Waals surface area contributed by atoms with Crippen molar-refractivity contribution < 1.29 is 33.4 Å². The third-order valence-corrected chi connectivity index (χ3v) is 7.76. The van der Waals surface area contributed by atoms with Crippen LogP contribution in [0.5, 0.6) is 0 Å². The van der Waals surface area contributed by atoms with Crippen LogP contribution in [0.4, 0.5) is 0 Å². The van der Waals surface area contributed by atoms with Gasteiger partial charge >= 0.3 is 15.2 Å². The summed E-state index contributed by atoms with van der Waals surface area (Å²) in [6, 6.07) is 0. The first-order valence-electron chi connectivity index (χ1n) is 10.1. The third-order valence-electron chi connectivity index (χ3n) is 4.38. The first-order valence-corrected chi connectivity index (χ1v) is 13.4. The molecule has 0 aliphatic carbocycles. The Labute approximate surface area is 182 Å². The van der Waals surface area contributed by atoms with Crippen molar-refractivity contribution in [2.24, 2.45) is 0 Å². The Hall–Kier alpha value is -0.280. The maximum absolute atomic E-state index is 11.4. The van der Waals surface area contributed by atoms with Crippen LogP contribution in [-0.2, 0) is 13.7 Å². The van der Waals surface area contributed by atoms with Crippen molar-refractivity contribution in [3.05, 3.63) is 12.3 Å². The first kappa shape index (κ1) is 37.1. The zero-order valence-electron chi connectivity index (χ0n) is 18.7. The molecule has 2 unspecified atom stereocenters. The topological polar surface area (TPSA) is 229 Å². The number of rotatable bonds is 18. The molecule has 0 rings (SSSR count). The largest absolute Gasteiger partial charge is 0.431 e. The molecule has 0 aromatic heterocycles. The minimum Gasteiger partial charge on any atom is -0.431 e. The SMILES string of the molecule is CCCCCCCCCCCCCCCC=COP(=O)(O)C(O)P(=O)(O)O.N.N.N. The van der Waals surface area contributed by atoms with Crippen molar-refractivity contribution in [2.45, 2.75) is 102 Å². The van der Waals surface area contributed by atoms with Gasteiger partial charge in [-0.3, -0.25) is 4.57 Å². The molecule has 0 heterocycles. The standard InChI is InChI=1S/C18H38O7P2.3H3N/c1-2-3-4-5-6-7-8-9-10-11-12-13-14-15-16-17-25-27(23,24)18(19)26(20,21)22;;;/h16-19H,2-15H2,1H3,(H,23,24)(H2,20,21,22);3*1H3. The van der Waals surface area contributed by atoms with Crippen molar-refractivity contribution in [3.63, 3.8) is 0 Å². The molecule has 0 saturated carbocycles. The van der Waals surface area contributed by atoms with Crippen molar-refractivity contribution in [3.8, 4) is 0 Å². The van der Waals surface area contributed by atoms with Gasteiger partial charge in [0, 0.05) is 0 Å². The molecule has 10 nitrogen and oxygen atoms in total. The summed E-state index contributed by atoms with van der Waals surface area (Å²) < 4.78 is 26.6. The van der Waals surface area contributed by atoms with E-state index in [1.807, 2.05) is 0 Å². The van der Waals surface area contributed by atoms with Crippen molar-refractivity contribution >= 4 is 15.2 Å². The molecule has 13 N–H and O–H groups in total. The van der Waals surface area contributed by atoms with Gasteiger partial charge in [0.25, 0.3) is 5.59 Å². The maximum Gasteiger partial charge on any atom is 0.416 e. The molecule has 0 aliphatic heterocycles. The summed E-state index contributed by atoms with van der Waals surface area (Å²) in [6.45, 7) is 2.23. The summed E-state index contributed by atoms with van der Waals surface area (Å²) in [5.74, 6) is 0. The average molecular weight is 480 g/mol. The van der Waals surface area contributed by atoms with Crippen LogP contribution >= 0.6 is 15.2 Å². The number of hydrogen-bond acceptors (Lipinski definition) is 7. The van der Waals surface area contributed by atoms with Crippen LogP contribution < -0.4 is 18.5 Å². The Morgan fingerprint density at radius 3 is 1.47 bits per heavy atom. The van der Waals surface area contributed by atoms with Crippen LogP contribution in [0.3, 0.4) is 0 Å². The van der Waals surface area contributed by atoms with Gasteiger partial charge in [-0.25, -0.2) is 4.57 Å². The quantitative estimate of drug-likeness (QED) is 0.0675. The van der Waals surface area contributed by atoms with Gasteiger partial charge in [0.2, 0.25) is 0 Å². The summed E-state index contributed by atoms with van der Waals surface area (Å²) >= 11 is 0. The maximum atomic E-state index is 11.4. The van der Waals surface area contributed by atoms with E-state index in [-0.39, 0.29) is 18.5 Å². The molecule has 186 valence electrons. The Bertz CT molecular complexity index is 490. The smallest absolute Gasteiger partial charge is 0.416 e. The number of allylic oxidation sites excluding steroid dienone is 1. The van der Waals surface area contributed by atoms with Gasteiger partial charge in [-0.05, 0) is 18.9 Å². The Morgan fingerprint density at radius 1 is 0.733 bits per heavy atom. The number of hydrogen-bond donors (Lipinski definition) is 7. The van der Waals surface area contributed by atoms with E-state index in [1.165, 1.54) is 70.3 Å². The third kappa shape index (κ3) is 21.0. The van der Waals surface area contributed by atoms with Gasteiger partial charge in [0.05, 0.1) is 6.26 Å². The lowest BCUT2D eigenvalue weighted by molar-refractivity contribution is 0.215. The fourth-order valence-corrected chi connectivity index (χ4v) is 4.78. The lowest BCUT2D eigenvalue weighted by Crippen LogP contribution is -2.08. The second kappa shape index (κ2) is 21.9. The minimum absolute atomic E-state index is 0. The first-order chi connectivity index (χ1) is 12.7. The van der Waals surface area contributed by atoms with E-state index >= 15 is 0 Å². The number of aliphatic hydroxyl groups is 1. The minimum atomic E-state index is -5.09. The molecule has 0 amide bonds. The van der Waals surface area contributed by atoms with E-state index < -0.39 is 20.8 Å². The van der Waals surface area contributed by atoms with Crippen LogP contribution in [0.25, 0.3) is 0 Å². The van der Waals surface area contributed by atoms with E-state index in [4.69, 9.17) is 14.9 Å². The van der Waals surface area contributed by atoms with E-state index in [0.29, 0.717) is 6.42 Å². The van der Waals surface area contributed by atoms with E-state index in [1.54, 1.807) is 0 Å². The molecule has 0 fully saturated rings. The highest BCUT2D eigenvalue weighted by Crippen LogP contribution is 2.61. The number of aliphatic hydroxyl groups excluding tert-OH is 1. The van der Waals surface area contributed by atoms with E-state index in [9.17, 15) is 14.0 Å². The van der Waals surface area contributed by atoms with Crippen LogP contribution in [-0.4, -0.2) is 25.4 Å². The number of unbranched alkanes of at least 4 members (excludes halogenated alkanes) is 13. The molecule has 0 radical (unpaired) electrons. The van der Waals surface area contributed by atoms with Gasteiger partial charge in [-0.1, -0.05) is 84.0 Å². The van der Waals surface area contributed by atoms with Gasteiger partial charge in [-0.15, -0.1) is 0 Å². The molecule has 0 aliphatic rings. The summed E-state index contributed by atoms with van der Waals surface area (Å²) in [6.07, 6.45) is 19.4. The van der Waals surface area contributed by atoms with Crippen LogP contribution in [0.15, 0.2) is 12.3 Å². The highest BCUT2D eigenvalue weighted by molar-refractivity contribution is 7.70. The highest BCUT2D eigenvalue weighted by atomic mass is 31.2. The lowest BCUT2D eigenvalue weighted by atomic mass is 10.0. The fraction of sp³-hybridized carbons (Fsp3) is 0.889. The van der Waals surface area contributed by atoms with Gasteiger partial charge in [-0.2, -0.15) is 0 Å². The summed E-state index contributed by atoms with van der Waals surface area (Å²) in [5, 5.41) is 9.10. The predicted molar refractivity (Wildman–Crippen MR) is 123 cm³/mol. The lowest BCUT2D eigenvalue weighted by Gasteiger charge is -2.17. The van der Waals surface area contributed by atoms with Crippen LogP contribution in [0, 0.1) is 0 Å². The molecule has 0 aromatic carbocycles. The van der Waals surface area contributed by atoms with Gasteiger partial charge in [0.1, 0.15) is 0 Å². The van der Waals surface area contributed by atoms with Crippen LogP contribution in [0.1, 0.15) is 96.8 Å². The molecular weight excluding hydrogens is 432 g/mol. The molecular formula is C18H47N3O7P2. The highest BCUT2D eigenvalue weighted by Gasteiger charge is 2.44. The summed E-state index contributed by atoms with van der Waals surface area (Å²) in [7, 11) is -9.87. The molecule has 0 spiro atoms. The second-order valence-corrected chi connectivity index (χ2v) is 10.9. The van der Waals surface area contributed by atoms with Crippen LogP contribution in [0.2, 0.25) is 0 Å². The molecule has 2 atom stereocenters. The Kier molecular flexibility index (Phi) is 27.1. The molecule has 0 saturated heterocycles. The zero-order valence-corrected chi connectivity index (χ0v) is 20.4. The Morgan fingerprint density at radius 2 is 1.10 bits per heavy atom. The van der Waals surface area contributed by atoms with Crippen molar-refractivity contribution in [2.75, 3.05) is 0 Å². The van der Waals surface area contributed by atoms with Gasteiger partial charge < -0.3 is 42.8 Å². The van der Waals surface area contributed by atoms with E-state index in [0.717, 1.165) is 25.5 Å². The predicted octanol–water partition coefficient (Wildman–Crippen LogP) is 6.12. The summed E-state index contributed by atoms with van der Waals surface area (Å²) in [4.78, 5) is 26.6. The monoisotopic (exact) mass is 479 g/mol. The Balaban J connectivity index is -0.00000113. The molecule has 0 bridgehead atoms.